The molecule has 2 heterocycles. The molecule has 0 spiro atoms. The molecule has 0 saturated heterocycles. The van der Waals surface area contributed by atoms with E-state index < -0.39 is 12.0 Å². The van der Waals surface area contributed by atoms with Crippen molar-refractivity contribution in [3.63, 3.8) is 0 Å². The number of methoxy groups -OCH3 is 1. The number of urea groups is 1. The highest BCUT2D eigenvalue weighted by Gasteiger charge is 2.34. The third-order valence-corrected chi connectivity index (χ3v) is 5.16. The number of H-pyrrole nitrogens is 1. The first-order chi connectivity index (χ1) is 14.1. The number of aromatic nitrogens is 2. The number of amides is 2. The highest BCUT2D eigenvalue weighted by molar-refractivity contribution is 6.30. The molecule has 4 rings (SSSR count). The van der Waals surface area contributed by atoms with Crippen molar-refractivity contribution < 1.29 is 14.3 Å². The van der Waals surface area contributed by atoms with Crippen molar-refractivity contribution in [1.82, 2.24) is 14.9 Å². The number of para-hydroxylation sites is 1. The van der Waals surface area contributed by atoms with Crippen LogP contribution in [0.4, 0.5) is 10.5 Å². The van der Waals surface area contributed by atoms with E-state index in [-0.39, 0.29) is 6.03 Å². The van der Waals surface area contributed by atoms with Gasteiger partial charge in [-0.25, -0.2) is 14.6 Å². The Morgan fingerprint density at radius 1 is 1.24 bits per heavy atom. The minimum atomic E-state index is -0.513. The van der Waals surface area contributed by atoms with E-state index in [2.05, 4.69) is 15.3 Å². The molecule has 2 N–H and O–H groups in total. The number of carbonyl (C=O) groups excluding carboxylic acids is 2. The smallest absolute Gasteiger partial charge is 0.339 e. The minimum absolute atomic E-state index is 0.292. The molecule has 1 aliphatic heterocycles. The van der Waals surface area contributed by atoms with Crippen molar-refractivity contribution in [3.05, 3.63) is 82.4 Å². The number of nitrogens with one attached hydrogen (secondary N) is 2. The van der Waals surface area contributed by atoms with Crippen molar-refractivity contribution in [2.24, 2.45) is 0 Å². The molecule has 1 atom stereocenters. The number of nitrogens with zero attached hydrogens (tertiary/aromatic N) is 2. The van der Waals surface area contributed by atoms with Crippen LogP contribution in [0.5, 0.6) is 0 Å². The van der Waals surface area contributed by atoms with Gasteiger partial charge in [-0.15, -0.1) is 0 Å². The normalized spacial score (nSPS) is 15.5. The van der Waals surface area contributed by atoms with E-state index >= 15 is 0 Å². The van der Waals surface area contributed by atoms with E-state index in [1.807, 2.05) is 18.2 Å². The monoisotopic (exact) mass is 410 g/mol. The Hall–Kier alpha value is -3.32. The van der Waals surface area contributed by atoms with Crippen molar-refractivity contribution in [2.75, 3.05) is 19.0 Å². The summed E-state index contributed by atoms with van der Waals surface area (Å²) in [6.07, 6.45) is 2.29. The van der Waals surface area contributed by atoms with Gasteiger partial charge in [-0.3, -0.25) is 0 Å². The Morgan fingerprint density at radius 2 is 2.07 bits per heavy atom. The van der Waals surface area contributed by atoms with E-state index in [4.69, 9.17) is 16.3 Å². The fourth-order valence-corrected chi connectivity index (χ4v) is 3.78. The van der Waals surface area contributed by atoms with Crippen LogP contribution in [0.3, 0.4) is 0 Å². The molecular weight excluding hydrogens is 392 g/mol. The number of anilines is 1. The maximum atomic E-state index is 13.2. The quantitative estimate of drug-likeness (QED) is 0.638. The fraction of sp³-hybridized carbons (Fsp3) is 0.190. The number of hydrogen-bond donors (Lipinski definition) is 2. The third kappa shape index (κ3) is 3.69. The van der Waals surface area contributed by atoms with Crippen molar-refractivity contribution in [1.29, 1.82) is 0 Å². The summed E-state index contributed by atoms with van der Waals surface area (Å²) in [5.74, 6) is -0.513. The van der Waals surface area contributed by atoms with E-state index in [1.165, 1.54) is 7.11 Å². The van der Waals surface area contributed by atoms with Crippen molar-refractivity contribution in [2.45, 2.75) is 12.5 Å². The molecule has 0 saturated carbocycles. The molecule has 8 heteroatoms. The third-order valence-electron chi connectivity index (χ3n) is 4.92. The summed E-state index contributed by atoms with van der Waals surface area (Å²) in [5, 5.41) is 3.43. The first-order valence-corrected chi connectivity index (χ1v) is 9.49. The van der Waals surface area contributed by atoms with Gasteiger partial charge in [0.05, 0.1) is 30.4 Å². The van der Waals surface area contributed by atoms with Crippen LogP contribution in [-0.4, -0.2) is 40.5 Å². The number of esters is 1. The number of imidazole rings is 1. The van der Waals surface area contributed by atoms with Crippen LogP contribution in [0.15, 0.2) is 54.9 Å². The van der Waals surface area contributed by atoms with Crippen molar-refractivity contribution in [3.8, 4) is 0 Å². The molecule has 2 aromatic carbocycles. The summed E-state index contributed by atoms with van der Waals surface area (Å²) in [7, 11) is 1.31. The lowest BCUT2D eigenvalue weighted by Gasteiger charge is -2.35. The Labute approximate surface area is 172 Å². The summed E-state index contributed by atoms with van der Waals surface area (Å²) in [6, 6.07) is 13.4. The van der Waals surface area contributed by atoms with E-state index in [9.17, 15) is 9.59 Å². The van der Waals surface area contributed by atoms with E-state index in [0.717, 1.165) is 17.0 Å². The Balaban J connectivity index is 1.68. The number of carbonyl (C=O) groups is 2. The second-order valence-electron chi connectivity index (χ2n) is 6.63. The maximum Gasteiger partial charge on any atom is 0.339 e. The average Bonchev–Trinajstić information content (AvgIpc) is 3.21. The molecule has 1 aromatic heterocycles. The van der Waals surface area contributed by atoms with Gasteiger partial charge in [-0.05, 0) is 29.8 Å². The van der Waals surface area contributed by atoms with Gasteiger partial charge in [0, 0.05) is 23.7 Å². The maximum absolute atomic E-state index is 13.2. The number of aromatic amines is 1. The molecule has 148 valence electrons. The lowest BCUT2D eigenvalue weighted by molar-refractivity contribution is 0.0602. The van der Waals surface area contributed by atoms with E-state index in [1.54, 1.807) is 41.6 Å². The number of hydrogen-bond acceptors (Lipinski definition) is 4. The van der Waals surface area contributed by atoms with Crippen LogP contribution in [0.1, 0.15) is 33.4 Å². The molecule has 7 nitrogen and oxygen atoms in total. The number of rotatable bonds is 3. The summed E-state index contributed by atoms with van der Waals surface area (Å²) >= 11 is 6.20. The topological polar surface area (TPSA) is 87.3 Å². The molecule has 0 fully saturated rings. The predicted octanol–water partition coefficient (Wildman–Crippen LogP) is 4.03. The van der Waals surface area contributed by atoms with Crippen LogP contribution in [0.25, 0.3) is 0 Å². The van der Waals surface area contributed by atoms with Crippen LogP contribution in [-0.2, 0) is 11.2 Å². The number of halogens is 1. The van der Waals surface area contributed by atoms with Gasteiger partial charge >= 0.3 is 12.0 Å². The van der Waals surface area contributed by atoms with Gasteiger partial charge in [0.1, 0.15) is 6.04 Å². The Kier molecular flexibility index (Phi) is 5.22. The number of benzene rings is 2. The molecule has 0 radical (unpaired) electrons. The van der Waals surface area contributed by atoms with Gasteiger partial charge in [0.2, 0.25) is 0 Å². The van der Waals surface area contributed by atoms with Gasteiger partial charge in [0.15, 0.2) is 0 Å². The first-order valence-electron chi connectivity index (χ1n) is 9.11. The largest absolute Gasteiger partial charge is 0.465 e. The highest BCUT2D eigenvalue weighted by atomic mass is 35.5. The minimum Gasteiger partial charge on any atom is -0.465 e. The molecular formula is C21H19ClN4O3. The molecule has 3 aromatic rings. The zero-order chi connectivity index (χ0) is 20.4. The Bertz CT molecular complexity index is 1070. The molecule has 0 bridgehead atoms. The number of fused-ring (bicyclic) bond motifs is 1. The predicted molar refractivity (Wildman–Crippen MR) is 109 cm³/mol. The average molecular weight is 411 g/mol. The van der Waals surface area contributed by atoms with Crippen LogP contribution >= 0.6 is 11.6 Å². The standard InChI is InChI=1S/C21H19ClN4O3/c1-29-20(27)15-7-2-3-8-16(15)25-21(28)26-10-9-17-18(24-12-23-17)19(26)13-5-4-6-14(22)11-13/h2-8,11-12,19H,9-10H2,1H3,(H,23,24)(H,25,28)/t19-/m0/s1. The first kappa shape index (κ1) is 19.0. The molecule has 29 heavy (non-hydrogen) atoms. The summed E-state index contributed by atoms with van der Waals surface area (Å²) in [6.45, 7) is 0.485. The summed E-state index contributed by atoms with van der Waals surface area (Å²) in [5.41, 5.74) is 3.33. The zero-order valence-electron chi connectivity index (χ0n) is 15.7. The Morgan fingerprint density at radius 3 is 2.86 bits per heavy atom. The van der Waals surface area contributed by atoms with Crippen LogP contribution in [0, 0.1) is 0 Å². The van der Waals surface area contributed by atoms with Gasteiger partial charge in [-0.2, -0.15) is 0 Å². The highest BCUT2D eigenvalue weighted by Crippen LogP contribution is 2.34. The summed E-state index contributed by atoms with van der Waals surface area (Å²) < 4.78 is 4.81. The second-order valence-corrected chi connectivity index (χ2v) is 7.07. The van der Waals surface area contributed by atoms with E-state index in [0.29, 0.717) is 29.2 Å². The lowest BCUT2D eigenvalue weighted by Crippen LogP contribution is -2.43. The molecule has 0 aliphatic carbocycles. The molecule has 0 unspecified atom stereocenters. The van der Waals surface area contributed by atoms with Crippen LogP contribution in [0.2, 0.25) is 5.02 Å². The fourth-order valence-electron chi connectivity index (χ4n) is 3.58. The molecule has 2 amide bonds. The number of ether oxygens (including phenoxy) is 1. The van der Waals surface area contributed by atoms with Gasteiger partial charge in [0.25, 0.3) is 0 Å². The van der Waals surface area contributed by atoms with Crippen molar-refractivity contribution >= 4 is 29.3 Å². The zero-order valence-corrected chi connectivity index (χ0v) is 16.4. The second kappa shape index (κ2) is 7.97. The SMILES string of the molecule is COC(=O)c1ccccc1NC(=O)N1CCc2[nH]cnc2[C@@H]1c1cccc(Cl)c1. The lowest BCUT2D eigenvalue weighted by atomic mass is 9.96. The van der Waals surface area contributed by atoms with Gasteiger partial charge in [-0.1, -0.05) is 35.9 Å². The van der Waals surface area contributed by atoms with Crippen LogP contribution < -0.4 is 5.32 Å². The summed E-state index contributed by atoms with van der Waals surface area (Å²) in [4.78, 5) is 34.5. The molecule has 1 aliphatic rings. The van der Waals surface area contributed by atoms with Gasteiger partial charge < -0.3 is 19.9 Å².